The third-order valence-corrected chi connectivity index (χ3v) is 3.34. The SMILES string of the molecule is CCCN(CCC)CCOC(=O)c1ccc(OC)c(OC)c1.Cl. The molecule has 0 unspecified atom stereocenters. The summed E-state index contributed by atoms with van der Waals surface area (Å²) >= 11 is 0. The fraction of sp³-hybridized carbons (Fsp3) is 0.588. The summed E-state index contributed by atoms with van der Waals surface area (Å²) in [5.41, 5.74) is 0.468. The normalized spacial score (nSPS) is 10.1. The van der Waals surface area contributed by atoms with E-state index in [9.17, 15) is 4.79 Å². The zero-order chi connectivity index (χ0) is 16.4. The largest absolute Gasteiger partial charge is 0.493 e. The maximum atomic E-state index is 12.1. The lowest BCUT2D eigenvalue weighted by Crippen LogP contribution is -2.30. The molecule has 0 aliphatic carbocycles. The van der Waals surface area contributed by atoms with Gasteiger partial charge in [0.1, 0.15) is 6.61 Å². The summed E-state index contributed by atoms with van der Waals surface area (Å²) in [5, 5.41) is 0. The fourth-order valence-electron chi connectivity index (χ4n) is 2.28. The van der Waals surface area contributed by atoms with E-state index in [1.165, 1.54) is 0 Å². The molecule has 1 rings (SSSR count). The van der Waals surface area contributed by atoms with Gasteiger partial charge < -0.3 is 14.2 Å². The minimum absolute atomic E-state index is 0. The molecule has 0 heterocycles. The molecule has 0 bridgehead atoms. The maximum absolute atomic E-state index is 12.1. The Balaban J connectivity index is 0.00000484. The Bertz CT molecular complexity index is 462. The molecule has 6 heteroatoms. The van der Waals surface area contributed by atoms with Gasteiger partial charge in [-0.25, -0.2) is 4.79 Å². The Hall–Kier alpha value is -1.46. The van der Waals surface area contributed by atoms with Gasteiger partial charge in [-0.1, -0.05) is 13.8 Å². The van der Waals surface area contributed by atoms with Gasteiger partial charge in [-0.05, 0) is 44.1 Å². The number of methoxy groups -OCH3 is 2. The molecule has 1 aromatic carbocycles. The van der Waals surface area contributed by atoms with Crippen molar-refractivity contribution in [2.45, 2.75) is 26.7 Å². The first kappa shape index (κ1) is 21.5. The molecule has 23 heavy (non-hydrogen) atoms. The highest BCUT2D eigenvalue weighted by Gasteiger charge is 2.12. The summed E-state index contributed by atoms with van der Waals surface area (Å²) in [6.45, 7) is 7.52. The Labute approximate surface area is 145 Å². The molecule has 0 atom stereocenters. The zero-order valence-corrected chi connectivity index (χ0v) is 15.3. The van der Waals surface area contributed by atoms with E-state index in [2.05, 4.69) is 18.7 Å². The van der Waals surface area contributed by atoms with E-state index >= 15 is 0 Å². The summed E-state index contributed by atoms with van der Waals surface area (Å²) in [7, 11) is 3.10. The number of carbonyl (C=O) groups is 1. The van der Waals surface area contributed by atoms with Crippen LogP contribution in [0.15, 0.2) is 18.2 Å². The molecule has 0 N–H and O–H groups in total. The van der Waals surface area contributed by atoms with Crippen molar-refractivity contribution < 1.29 is 19.0 Å². The standard InChI is InChI=1S/C17H27NO4.ClH/c1-5-9-18(10-6-2)11-12-22-17(19)14-7-8-15(20-3)16(13-14)21-4;/h7-8,13H,5-6,9-12H2,1-4H3;1H. The second-order valence-corrected chi connectivity index (χ2v) is 5.05. The van der Waals surface area contributed by atoms with Crippen LogP contribution in [0.5, 0.6) is 11.5 Å². The van der Waals surface area contributed by atoms with Crippen LogP contribution in [0.4, 0.5) is 0 Å². The monoisotopic (exact) mass is 345 g/mol. The van der Waals surface area contributed by atoms with E-state index < -0.39 is 0 Å². The molecule has 0 amide bonds. The first-order valence-corrected chi connectivity index (χ1v) is 7.77. The van der Waals surface area contributed by atoms with Gasteiger partial charge in [0.05, 0.1) is 19.8 Å². The molecular weight excluding hydrogens is 318 g/mol. The highest BCUT2D eigenvalue weighted by Crippen LogP contribution is 2.27. The van der Waals surface area contributed by atoms with E-state index in [-0.39, 0.29) is 18.4 Å². The Morgan fingerprint density at radius 2 is 1.61 bits per heavy atom. The molecule has 0 aromatic heterocycles. The van der Waals surface area contributed by atoms with Crippen LogP contribution in [0.2, 0.25) is 0 Å². The molecule has 0 saturated carbocycles. The van der Waals surface area contributed by atoms with Gasteiger partial charge in [0.2, 0.25) is 0 Å². The van der Waals surface area contributed by atoms with Crippen molar-refractivity contribution in [3.63, 3.8) is 0 Å². The molecule has 132 valence electrons. The predicted octanol–water partition coefficient (Wildman–Crippen LogP) is 3.40. The minimum Gasteiger partial charge on any atom is -0.493 e. The lowest BCUT2D eigenvalue weighted by molar-refractivity contribution is 0.0461. The molecule has 0 radical (unpaired) electrons. The van der Waals surface area contributed by atoms with E-state index in [4.69, 9.17) is 14.2 Å². The van der Waals surface area contributed by atoms with Crippen LogP contribution in [0.1, 0.15) is 37.0 Å². The van der Waals surface area contributed by atoms with Gasteiger partial charge in [-0.3, -0.25) is 4.90 Å². The summed E-state index contributed by atoms with van der Waals surface area (Å²) in [6, 6.07) is 5.02. The number of halogens is 1. The van der Waals surface area contributed by atoms with Crippen LogP contribution in [0.3, 0.4) is 0 Å². The van der Waals surface area contributed by atoms with Crippen LogP contribution in [-0.2, 0) is 4.74 Å². The summed E-state index contributed by atoms with van der Waals surface area (Å²) in [5.74, 6) is 0.778. The number of rotatable bonds is 10. The minimum atomic E-state index is -0.339. The van der Waals surface area contributed by atoms with Crippen molar-refractivity contribution in [3.05, 3.63) is 23.8 Å². The quantitative estimate of drug-likeness (QED) is 0.608. The van der Waals surface area contributed by atoms with Crippen molar-refractivity contribution in [2.24, 2.45) is 0 Å². The fourth-order valence-corrected chi connectivity index (χ4v) is 2.28. The highest BCUT2D eigenvalue weighted by molar-refractivity contribution is 5.90. The summed E-state index contributed by atoms with van der Waals surface area (Å²) in [6.07, 6.45) is 2.20. The Kier molecular flexibility index (Phi) is 11.3. The molecule has 5 nitrogen and oxygen atoms in total. The van der Waals surface area contributed by atoms with Crippen molar-refractivity contribution in [1.29, 1.82) is 0 Å². The molecule has 0 aliphatic heterocycles. The topological polar surface area (TPSA) is 48.0 Å². The Morgan fingerprint density at radius 1 is 1.00 bits per heavy atom. The first-order valence-electron chi connectivity index (χ1n) is 7.77. The number of carbonyl (C=O) groups excluding carboxylic acids is 1. The second-order valence-electron chi connectivity index (χ2n) is 5.05. The molecule has 1 aromatic rings. The van der Waals surface area contributed by atoms with Crippen LogP contribution in [0, 0.1) is 0 Å². The van der Waals surface area contributed by atoms with Crippen LogP contribution in [0.25, 0.3) is 0 Å². The van der Waals surface area contributed by atoms with Crippen molar-refractivity contribution in [2.75, 3.05) is 40.5 Å². The van der Waals surface area contributed by atoms with Crippen LogP contribution >= 0.6 is 12.4 Å². The van der Waals surface area contributed by atoms with E-state index in [0.717, 1.165) is 32.5 Å². The summed E-state index contributed by atoms with van der Waals surface area (Å²) < 4.78 is 15.7. The molecule has 0 saturated heterocycles. The van der Waals surface area contributed by atoms with Crippen molar-refractivity contribution in [1.82, 2.24) is 4.90 Å². The number of esters is 1. The smallest absolute Gasteiger partial charge is 0.338 e. The lowest BCUT2D eigenvalue weighted by Gasteiger charge is -2.20. The lowest BCUT2D eigenvalue weighted by atomic mass is 10.2. The maximum Gasteiger partial charge on any atom is 0.338 e. The number of hydrogen-bond donors (Lipinski definition) is 0. The third kappa shape index (κ3) is 7.10. The second kappa shape index (κ2) is 12.0. The first-order chi connectivity index (χ1) is 10.7. The molecular formula is C17H28ClNO4. The van der Waals surface area contributed by atoms with Gasteiger partial charge in [-0.2, -0.15) is 0 Å². The number of nitrogens with zero attached hydrogens (tertiary/aromatic N) is 1. The third-order valence-electron chi connectivity index (χ3n) is 3.34. The molecule has 0 fully saturated rings. The molecule has 0 spiro atoms. The summed E-state index contributed by atoms with van der Waals surface area (Å²) in [4.78, 5) is 14.4. The van der Waals surface area contributed by atoms with Gasteiger partial charge in [0.25, 0.3) is 0 Å². The molecule has 0 aliphatic rings. The van der Waals surface area contributed by atoms with Crippen LogP contribution < -0.4 is 9.47 Å². The van der Waals surface area contributed by atoms with Gasteiger partial charge in [0, 0.05) is 6.54 Å². The van der Waals surface area contributed by atoms with Crippen molar-refractivity contribution in [3.8, 4) is 11.5 Å². The van der Waals surface area contributed by atoms with E-state index in [1.54, 1.807) is 32.4 Å². The van der Waals surface area contributed by atoms with Gasteiger partial charge in [-0.15, -0.1) is 12.4 Å². The average Bonchev–Trinajstić information content (AvgIpc) is 2.54. The number of ether oxygens (including phenoxy) is 3. The zero-order valence-electron chi connectivity index (χ0n) is 14.5. The number of benzene rings is 1. The number of hydrogen-bond acceptors (Lipinski definition) is 5. The van der Waals surface area contributed by atoms with E-state index in [1.807, 2.05) is 0 Å². The van der Waals surface area contributed by atoms with Gasteiger partial charge in [0.15, 0.2) is 11.5 Å². The van der Waals surface area contributed by atoms with Gasteiger partial charge >= 0.3 is 5.97 Å². The highest BCUT2D eigenvalue weighted by atomic mass is 35.5. The van der Waals surface area contributed by atoms with Crippen molar-refractivity contribution >= 4 is 18.4 Å². The average molecular weight is 346 g/mol. The van der Waals surface area contributed by atoms with Crippen LogP contribution in [-0.4, -0.2) is 51.3 Å². The van der Waals surface area contributed by atoms with E-state index in [0.29, 0.717) is 23.7 Å². The predicted molar refractivity (Wildman–Crippen MR) is 94.1 cm³/mol. The Morgan fingerprint density at radius 3 is 2.13 bits per heavy atom.